The number of benzene rings is 1. The quantitative estimate of drug-likeness (QED) is 0.856. The van der Waals surface area contributed by atoms with E-state index >= 15 is 0 Å². The summed E-state index contributed by atoms with van der Waals surface area (Å²) in [5, 5.41) is 6.80. The molecule has 1 aromatic carbocycles. The minimum absolute atomic E-state index is 0.0813. The van der Waals surface area contributed by atoms with Crippen molar-refractivity contribution in [3.63, 3.8) is 0 Å². The number of hydrogen-bond acceptors (Lipinski definition) is 5. The number of nitrogens with one attached hydrogen (secondary N) is 1. The zero-order valence-corrected chi connectivity index (χ0v) is 16.7. The average Bonchev–Trinajstić information content (AvgIpc) is 3.14. The summed E-state index contributed by atoms with van der Waals surface area (Å²) in [4.78, 5) is 17.3. The Kier molecular flexibility index (Phi) is 5.95. The first kappa shape index (κ1) is 19.0. The van der Waals surface area contributed by atoms with Crippen LogP contribution in [0.2, 0.25) is 0 Å². The first-order valence-electron chi connectivity index (χ1n) is 10.5. The number of carbonyl (C=O) groups excluding carboxylic acids is 1. The number of amides is 1. The molecule has 150 valence electrons. The third-order valence-corrected chi connectivity index (χ3v) is 5.94. The van der Waals surface area contributed by atoms with Gasteiger partial charge in [-0.25, -0.2) is 0 Å². The molecule has 1 aliphatic heterocycles. The first-order chi connectivity index (χ1) is 13.7. The molecule has 0 atom stereocenters. The minimum Gasteiger partial charge on any atom is -0.369 e. The molecule has 0 bridgehead atoms. The molecule has 2 heterocycles. The second kappa shape index (κ2) is 8.78. The zero-order chi connectivity index (χ0) is 19.3. The van der Waals surface area contributed by atoms with E-state index in [9.17, 15) is 4.79 Å². The number of aryl methyl sites for hydroxylation is 1. The van der Waals surface area contributed by atoms with E-state index in [1.165, 1.54) is 37.8 Å². The van der Waals surface area contributed by atoms with Crippen LogP contribution < -0.4 is 10.2 Å². The molecule has 2 fully saturated rings. The molecule has 1 amide bonds. The van der Waals surface area contributed by atoms with Crippen molar-refractivity contribution in [2.75, 3.05) is 36.4 Å². The summed E-state index contributed by atoms with van der Waals surface area (Å²) >= 11 is 0. The topological polar surface area (TPSA) is 61.6 Å². The lowest BCUT2D eigenvalue weighted by Gasteiger charge is -2.41. The summed E-state index contributed by atoms with van der Waals surface area (Å²) < 4.78 is 5.01. The van der Waals surface area contributed by atoms with Crippen LogP contribution in [0.1, 0.15) is 43.6 Å². The molecule has 1 aliphatic carbocycles. The highest BCUT2D eigenvalue weighted by atomic mass is 16.5. The highest BCUT2D eigenvalue weighted by Crippen LogP contribution is 2.25. The number of carbonyl (C=O) groups is 1. The van der Waals surface area contributed by atoms with Crippen molar-refractivity contribution in [2.45, 2.75) is 51.5 Å². The molecule has 1 saturated carbocycles. The van der Waals surface area contributed by atoms with Crippen LogP contribution in [0.25, 0.3) is 0 Å². The van der Waals surface area contributed by atoms with Crippen LogP contribution in [0.4, 0.5) is 11.4 Å². The number of nitrogens with zero attached hydrogens (tertiary/aromatic N) is 3. The van der Waals surface area contributed by atoms with Gasteiger partial charge >= 0.3 is 0 Å². The van der Waals surface area contributed by atoms with E-state index in [4.69, 9.17) is 4.52 Å². The number of piperazine rings is 1. The van der Waals surface area contributed by atoms with Crippen LogP contribution in [-0.2, 0) is 11.2 Å². The van der Waals surface area contributed by atoms with E-state index < -0.39 is 0 Å². The lowest BCUT2D eigenvalue weighted by atomic mass is 9.94. The van der Waals surface area contributed by atoms with Gasteiger partial charge in [-0.05, 0) is 44.0 Å². The van der Waals surface area contributed by atoms with Gasteiger partial charge < -0.3 is 14.7 Å². The van der Waals surface area contributed by atoms with Gasteiger partial charge in [-0.2, -0.15) is 0 Å². The maximum Gasteiger partial charge on any atom is 0.230 e. The second-order valence-electron chi connectivity index (χ2n) is 8.02. The van der Waals surface area contributed by atoms with Gasteiger partial charge in [0.15, 0.2) is 0 Å². The molecule has 0 radical (unpaired) electrons. The van der Waals surface area contributed by atoms with E-state index in [-0.39, 0.29) is 12.3 Å². The van der Waals surface area contributed by atoms with Gasteiger partial charge in [0, 0.05) is 49.7 Å². The standard InChI is InChI=1S/C22H30N4O2/c1-17-15-19(24-28-17)16-22(27)23-18-7-9-21(10-8-18)26-13-11-25(12-14-26)20-5-3-2-4-6-20/h7-10,15,20H,2-6,11-14,16H2,1H3,(H,23,27). The smallest absolute Gasteiger partial charge is 0.230 e. The Morgan fingerprint density at radius 2 is 1.82 bits per heavy atom. The molecule has 1 aromatic heterocycles. The highest BCUT2D eigenvalue weighted by molar-refractivity contribution is 5.92. The Hall–Kier alpha value is -2.34. The second-order valence-corrected chi connectivity index (χ2v) is 8.02. The Labute approximate surface area is 166 Å². The van der Waals surface area contributed by atoms with Crippen molar-refractivity contribution >= 4 is 17.3 Å². The number of rotatable bonds is 5. The molecule has 0 spiro atoms. The summed E-state index contributed by atoms with van der Waals surface area (Å²) in [5.74, 6) is 0.637. The van der Waals surface area contributed by atoms with Gasteiger partial charge in [0.05, 0.1) is 12.1 Å². The van der Waals surface area contributed by atoms with Crippen LogP contribution in [0, 0.1) is 6.92 Å². The van der Waals surface area contributed by atoms with Crippen LogP contribution in [0.3, 0.4) is 0 Å². The van der Waals surface area contributed by atoms with Gasteiger partial charge in [-0.3, -0.25) is 9.69 Å². The lowest BCUT2D eigenvalue weighted by Crippen LogP contribution is -2.50. The average molecular weight is 383 g/mol. The molecular formula is C22H30N4O2. The molecule has 1 saturated heterocycles. The Morgan fingerprint density at radius 3 is 2.46 bits per heavy atom. The van der Waals surface area contributed by atoms with Crippen LogP contribution >= 0.6 is 0 Å². The van der Waals surface area contributed by atoms with Crippen molar-refractivity contribution in [1.82, 2.24) is 10.1 Å². The third kappa shape index (κ3) is 4.73. The monoisotopic (exact) mass is 382 g/mol. The SMILES string of the molecule is Cc1cc(CC(=O)Nc2ccc(N3CCN(C4CCCCC4)CC3)cc2)no1. The highest BCUT2D eigenvalue weighted by Gasteiger charge is 2.25. The maximum absolute atomic E-state index is 12.2. The number of hydrogen-bond donors (Lipinski definition) is 1. The lowest BCUT2D eigenvalue weighted by molar-refractivity contribution is -0.115. The molecule has 2 aliphatic rings. The molecule has 1 N–H and O–H groups in total. The van der Waals surface area contributed by atoms with Crippen molar-refractivity contribution in [3.05, 3.63) is 41.8 Å². The largest absolute Gasteiger partial charge is 0.369 e. The van der Waals surface area contributed by atoms with Crippen molar-refractivity contribution in [1.29, 1.82) is 0 Å². The normalized spacial score (nSPS) is 19.0. The Morgan fingerprint density at radius 1 is 1.11 bits per heavy atom. The van der Waals surface area contributed by atoms with Gasteiger partial charge in [0.2, 0.25) is 5.91 Å². The fraction of sp³-hybridized carbons (Fsp3) is 0.545. The minimum atomic E-state index is -0.0813. The van der Waals surface area contributed by atoms with Crippen LogP contribution in [0.5, 0.6) is 0 Å². The predicted octanol–water partition coefficient (Wildman–Crippen LogP) is 3.62. The fourth-order valence-electron chi connectivity index (χ4n) is 4.42. The van der Waals surface area contributed by atoms with Gasteiger partial charge in [-0.15, -0.1) is 0 Å². The molecule has 6 heteroatoms. The molecule has 6 nitrogen and oxygen atoms in total. The number of anilines is 2. The molecule has 4 rings (SSSR count). The maximum atomic E-state index is 12.2. The van der Waals surface area contributed by atoms with Crippen molar-refractivity contribution < 1.29 is 9.32 Å². The van der Waals surface area contributed by atoms with Gasteiger partial charge in [-0.1, -0.05) is 24.4 Å². The van der Waals surface area contributed by atoms with Crippen molar-refractivity contribution in [3.8, 4) is 0 Å². The van der Waals surface area contributed by atoms with Crippen LogP contribution in [-0.4, -0.2) is 48.2 Å². The molecule has 2 aromatic rings. The first-order valence-corrected chi connectivity index (χ1v) is 10.5. The molecular weight excluding hydrogens is 352 g/mol. The predicted molar refractivity (Wildman–Crippen MR) is 111 cm³/mol. The van der Waals surface area contributed by atoms with E-state index in [1.807, 2.05) is 19.1 Å². The third-order valence-electron chi connectivity index (χ3n) is 5.94. The van der Waals surface area contributed by atoms with E-state index in [2.05, 4.69) is 32.4 Å². The van der Waals surface area contributed by atoms with E-state index in [0.717, 1.165) is 43.7 Å². The summed E-state index contributed by atoms with van der Waals surface area (Å²) in [5.41, 5.74) is 2.70. The Balaban J connectivity index is 1.27. The van der Waals surface area contributed by atoms with E-state index in [1.54, 1.807) is 6.07 Å². The summed E-state index contributed by atoms with van der Waals surface area (Å²) in [7, 11) is 0. The fourth-order valence-corrected chi connectivity index (χ4v) is 4.42. The Bertz CT molecular complexity index is 772. The van der Waals surface area contributed by atoms with Crippen molar-refractivity contribution in [2.24, 2.45) is 0 Å². The summed E-state index contributed by atoms with van der Waals surface area (Å²) in [6.45, 7) is 6.28. The molecule has 0 unspecified atom stereocenters. The summed E-state index contributed by atoms with van der Waals surface area (Å²) in [6.07, 6.45) is 7.19. The number of aromatic nitrogens is 1. The van der Waals surface area contributed by atoms with Gasteiger partial charge in [0.25, 0.3) is 0 Å². The molecule has 28 heavy (non-hydrogen) atoms. The van der Waals surface area contributed by atoms with Crippen LogP contribution in [0.15, 0.2) is 34.9 Å². The van der Waals surface area contributed by atoms with E-state index in [0.29, 0.717) is 5.69 Å². The summed E-state index contributed by atoms with van der Waals surface area (Å²) in [6, 6.07) is 10.8. The van der Waals surface area contributed by atoms with Gasteiger partial charge in [0.1, 0.15) is 5.76 Å². The zero-order valence-electron chi connectivity index (χ0n) is 16.7.